The van der Waals surface area contributed by atoms with Crippen molar-refractivity contribution in [2.24, 2.45) is 0 Å². The molecule has 1 aromatic carbocycles. The minimum absolute atomic E-state index is 0.113. The topological polar surface area (TPSA) is 65.1 Å². The molecule has 6 nitrogen and oxygen atoms in total. The SMILES string of the molecule is FC(F)C1=C(N2CCNCC2)C(NCc2cc3nccnc3cc2Cl)=CNC1. The van der Waals surface area contributed by atoms with Crippen LogP contribution in [0.3, 0.4) is 0 Å². The number of rotatable bonds is 5. The first kappa shape index (κ1) is 18.9. The first-order chi connectivity index (χ1) is 13.6. The summed E-state index contributed by atoms with van der Waals surface area (Å²) < 4.78 is 27.3. The normalized spacial score (nSPS) is 17.7. The molecule has 0 aliphatic carbocycles. The van der Waals surface area contributed by atoms with Crippen LogP contribution in [0.25, 0.3) is 11.0 Å². The number of alkyl halides is 2. The highest BCUT2D eigenvalue weighted by molar-refractivity contribution is 6.32. The minimum atomic E-state index is -2.51. The predicted molar refractivity (Wildman–Crippen MR) is 105 cm³/mol. The third kappa shape index (κ3) is 3.88. The van der Waals surface area contributed by atoms with Crippen LogP contribution in [0.2, 0.25) is 5.02 Å². The van der Waals surface area contributed by atoms with E-state index in [-0.39, 0.29) is 12.1 Å². The molecule has 2 aliphatic heterocycles. The first-order valence-electron chi connectivity index (χ1n) is 9.17. The van der Waals surface area contributed by atoms with Gasteiger partial charge in [-0.15, -0.1) is 0 Å². The van der Waals surface area contributed by atoms with Crippen molar-refractivity contribution < 1.29 is 8.78 Å². The van der Waals surface area contributed by atoms with Gasteiger partial charge in [0, 0.05) is 68.5 Å². The van der Waals surface area contributed by atoms with Gasteiger partial charge in [-0.2, -0.15) is 0 Å². The second-order valence-corrected chi connectivity index (χ2v) is 7.10. The van der Waals surface area contributed by atoms with Gasteiger partial charge in [-0.3, -0.25) is 9.97 Å². The standard InChI is InChI=1S/C19H21ClF2N6/c20-14-8-16-15(25-1-2-26-16)7-12(14)9-27-17-11-24-10-13(19(21)22)18(17)28-5-3-23-4-6-28/h1-2,7-8,11,19,23-24,27H,3-6,9-10H2. The zero-order valence-corrected chi connectivity index (χ0v) is 15.9. The lowest BCUT2D eigenvalue weighted by Gasteiger charge is -2.36. The van der Waals surface area contributed by atoms with E-state index in [2.05, 4.69) is 25.9 Å². The Kier molecular flexibility index (Phi) is 5.59. The fourth-order valence-corrected chi connectivity index (χ4v) is 3.74. The monoisotopic (exact) mass is 406 g/mol. The summed E-state index contributed by atoms with van der Waals surface area (Å²) in [5.74, 6) is 0. The number of nitrogens with one attached hydrogen (secondary N) is 3. The molecule has 1 fully saturated rings. The minimum Gasteiger partial charge on any atom is -0.385 e. The van der Waals surface area contributed by atoms with Gasteiger partial charge in [0.15, 0.2) is 0 Å². The fourth-order valence-electron chi connectivity index (χ4n) is 3.52. The van der Waals surface area contributed by atoms with Crippen molar-refractivity contribution in [2.75, 3.05) is 32.7 Å². The molecule has 28 heavy (non-hydrogen) atoms. The fraction of sp³-hybridized carbons (Fsp3) is 0.368. The Hall–Kier alpha value is -2.45. The Morgan fingerprint density at radius 3 is 2.57 bits per heavy atom. The van der Waals surface area contributed by atoms with E-state index in [4.69, 9.17) is 11.6 Å². The molecular formula is C19H21ClF2N6. The number of fused-ring (bicyclic) bond motifs is 1. The molecule has 2 aromatic rings. The molecule has 2 aliphatic rings. The lowest BCUT2D eigenvalue weighted by atomic mass is 10.1. The van der Waals surface area contributed by atoms with Crippen molar-refractivity contribution in [2.45, 2.75) is 13.0 Å². The molecule has 148 valence electrons. The van der Waals surface area contributed by atoms with Crippen LogP contribution in [0.1, 0.15) is 5.56 Å². The van der Waals surface area contributed by atoms with Crippen molar-refractivity contribution in [3.8, 4) is 0 Å². The molecule has 1 aromatic heterocycles. The number of benzene rings is 1. The van der Waals surface area contributed by atoms with E-state index >= 15 is 0 Å². The predicted octanol–water partition coefficient (Wildman–Crippen LogP) is 2.24. The van der Waals surface area contributed by atoms with Crippen molar-refractivity contribution in [1.82, 2.24) is 30.8 Å². The largest absolute Gasteiger partial charge is 0.385 e. The summed E-state index contributed by atoms with van der Waals surface area (Å²) in [6, 6.07) is 3.64. The van der Waals surface area contributed by atoms with E-state index in [0.29, 0.717) is 36.1 Å². The van der Waals surface area contributed by atoms with E-state index in [1.165, 1.54) is 0 Å². The van der Waals surface area contributed by atoms with E-state index in [1.54, 1.807) is 24.7 Å². The second kappa shape index (κ2) is 8.28. The first-order valence-corrected chi connectivity index (χ1v) is 9.55. The van der Waals surface area contributed by atoms with Crippen molar-refractivity contribution in [3.05, 3.63) is 58.3 Å². The van der Waals surface area contributed by atoms with Crippen LogP contribution < -0.4 is 16.0 Å². The Morgan fingerprint density at radius 2 is 1.86 bits per heavy atom. The molecule has 0 radical (unpaired) electrons. The molecule has 0 amide bonds. The maximum Gasteiger partial charge on any atom is 0.263 e. The number of aromatic nitrogens is 2. The van der Waals surface area contributed by atoms with Gasteiger partial charge in [0.1, 0.15) is 0 Å². The van der Waals surface area contributed by atoms with Gasteiger partial charge in [0.2, 0.25) is 0 Å². The lowest BCUT2D eigenvalue weighted by molar-refractivity contribution is 0.177. The summed E-state index contributed by atoms with van der Waals surface area (Å²) in [7, 11) is 0. The third-order valence-electron chi connectivity index (χ3n) is 4.90. The van der Waals surface area contributed by atoms with E-state index in [1.807, 2.05) is 11.0 Å². The zero-order chi connectivity index (χ0) is 19.5. The Labute approximate surface area is 166 Å². The number of hydrogen-bond acceptors (Lipinski definition) is 6. The Morgan fingerprint density at radius 1 is 1.14 bits per heavy atom. The summed E-state index contributed by atoms with van der Waals surface area (Å²) in [4.78, 5) is 10.6. The number of hydrogen-bond donors (Lipinski definition) is 3. The van der Waals surface area contributed by atoms with Gasteiger partial charge in [-0.1, -0.05) is 11.6 Å². The van der Waals surface area contributed by atoms with Crippen LogP contribution >= 0.6 is 11.6 Å². The smallest absolute Gasteiger partial charge is 0.263 e. The van der Waals surface area contributed by atoms with Gasteiger partial charge < -0.3 is 20.9 Å². The van der Waals surface area contributed by atoms with E-state index in [9.17, 15) is 8.78 Å². The molecule has 3 heterocycles. The quantitative estimate of drug-likeness (QED) is 0.707. The molecule has 3 N–H and O–H groups in total. The Balaban J connectivity index is 1.59. The molecule has 9 heteroatoms. The van der Waals surface area contributed by atoms with Crippen molar-refractivity contribution >= 4 is 22.6 Å². The van der Waals surface area contributed by atoms with Gasteiger partial charge in [0.25, 0.3) is 6.43 Å². The van der Waals surface area contributed by atoms with Crippen LogP contribution in [-0.2, 0) is 6.54 Å². The van der Waals surface area contributed by atoms with Gasteiger partial charge >= 0.3 is 0 Å². The van der Waals surface area contributed by atoms with Gasteiger partial charge in [0.05, 0.1) is 22.4 Å². The zero-order valence-electron chi connectivity index (χ0n) is 15.2. The Bertz CT molecular complexity index is 924. The maximum atomic E-state index is 13.7. The highest BCUT2D eigenvalue weighted by atomic mass is 35.5. The third-order valence-corrected chi connectivity index (χ3v) is 5.25. The summed E-state index contributed by atoms with van der Waals surface area (Å²) in [5.41, 5.74) is 3.65. The molecule has 0 bridgehead atoms. The van der Waals surface area contributed by atoms with Crippen LogP contribution in [0.5, 0.6) is 0 Å². The molecule has 0 atom stereocenters. The average Bonchev–Trinajstić information content (AvgIpc) is 2.72. The maximum absolute atomic E-state index is 13.7. The molecule has 1 saturated heterocycles. The summed E-state index contributed by atoms with van der Waals surface area (Å²) in [6.45, 7) is 3.47. The second-order valence-electron chi connectivity index (χ2n) is 6.69. The summed E-state index contributed by atoms with van der Waals surface area (Å²) in [6.07, 6.45) is 2.49. The molecule has 0 saturated carbocycles. The number of piperazine rings is 1. The van der Waals surface area contributed by atoms with Crippen molar-refractivity contribution in [3.63, 3.8) is 0 Å². The molecular weight excluding hydrogens is 386 g/mol. The molecule has 4 rings (SSSR count). The summed E-state index contributed by atoms with van der Waals surface area (Å²) in [5, 5.41) is 10.1. The number of dihydropyridines is 1. The van der Waals surface area contributed by atoms with Crippen LogP contribution in [0.4, 0.5) is 8.78 Å². The highest BCUT2D eigenvalue weighted by Gasteiger charge is 2.27. The average molecular weight is 407 g/mol. The molecule has 0 spiro atoms. The highest BCUT2D eigenvalue weighted by Crippen LogP contribution is 2.27. The van der Waals surface area contributed by atoms with Crippen LogP contribution in [0.15, 0.2) is 47.7 Å². The summed E-state index contributed by atoms with van der Waals surface area (Å²) >= 11 is 6.39. The molecule has 0 unspecified atom stereocenters. The van der Waals surface area contributed by atoms with Gasteiger partial charge in [-0.25, -0.2) is 8.78 Å². The van der Waals surface area contributed by atoms with Crippen LogP contribution in [-0.4, -0.2) is 54.0 Å². The van der Waals surface area contributed by atoms with E-state index < -0.39 is 6.43 Å². The van der Waals surface area contributed by atoms with Gasteiger partial charge in [-0.05, 0) is 17.7 Å². The number of nitrogens with zero attached hydrogens (tertiary/aromatic N) is 3. The lowest BCUT2D eigenvalue weighted by Crippen LogP contribution is -2.46. The van der Waals surface area contributed by atoms with Crippen LogP contribution in [0, 0.1) is 0 Å². The van der Waals surface area contributed by atoms with E-state index in [0.717, 1.165) is 29.7 Å². The van der Waals surface area contributed by atoms with Crippen molar-refractivity contribution in [1.29, 1.82) is 0 Å². The number of halogens is 3.